The summed E-state index contributed by atoms with van der Waals surface area (Å²) in [5.41, 5.74) is 1.09. The number of ether oxygens (including phenoxy) is 2. The normalized spacial score (nSPS) is 19.4. The number of nitriles is 1. The number of likely N-dealkylation sites (tertiary alicyclic amines) is 1. The van der Waals surface area contributed by atoms with Crippen molar-refractivity contribution in [2.45, 2.75) is 25.4 Å². The number of piperidine rings is 1. The fourth-order valence-corrected chi connectivity index (χ4v) is 4.37. The summed E-state index contributed by atoms with van der Waals surface area (Å²) in [5.74, 6) is 0.636. The molecule has 0 aliphatic carbocycles. The van der Waals surface area contributed by atoms with Crippen LogP contribution in [0, 0.1) is 22.6 Å². The first-order valence-corrected chi connectivity index (χ1v) is 10.5. The fraction of sp³-hybridized carbons (Fsp3) is 0.391. The van der Waals surface area contributed by atoms with Crippen molar-refractivity contribution in [3.63, 3.8) is 0 Å². The number of fused-ring (bicyclic) bond motifs is 1. The van der Waals surface area contributed by atoms with E-state index in [1.807, 2.05) is 0 Å². The molecule has 8 heteroatoms. The highest BCUT2D eigenvalue weighted by atomic mass is 35.5. The van der Waals surface area contributed by atoms with Gasteiger partial charge in [-0.1, -0.05) is 23.7 Å². The van der Waals surface area contributed by atoms with Crippen molar-refractivity contribution < 1.29 is 18.7 Å². The maximum absolute atomic E-state index is 13.2. The highest BCUT2D eigenvalue weighted by molar-refractivity contribution is 6.32. The van der Waals surface area contributed by atoms with Gasteiger partial charge in [-0.25, -0.2) is 4.39 Å². The van der Waals surface area contributed by atoms with Crippen molar-refractivity contribution in [3.8, 4) is 17.6 Å². The van der Waals surface area contributed by atoms with Crippen LogP contribution in [0.25, 0.3) is 0 Å². The Morgan fingerprint density at radius 3 is 2.71 bits per heavy atom. The van der Waals surface area contributed by atoms with E-state index in [2.05, 4.69) is 11.4 Å². The summed E-state index contributed by atoms with van der Waals surface area (Å²) in [6.07, 6.45) is 1.00. The lowest BCUT2D eigenvalue weighted by Crippen LogP contribution is -2.51. The summed E-state index contributed by atoms with van der Waals surface area (Å²) < 4.78 is 24.3. The molecule has 31 heavy (non-hydrogen) atoms. The standard InChI is InChI=1S/C23H23ClFN3O3/c1-30-19-11-18-20(10-17(19)24)31-21(13-27-18)22(29)28-8-6-23(14-26,7-9-28)12-15-2-4-16(25)5-3-15/h2-5,10-11,21,27H,6-9,12-13H2,1H3. The van der Waals surface area contributed by atoms with Gasteiger partial charge in [-0.15, -0.1) is 0 Å². The summed E-state index contributed by atoms with van der Waals surface area (Å²) in [6, 6.07) is 12.1. The number of benzene rings is 2. The Labute approximate surface area is 185 Å². The van der Waals surface area contributed by atoms with E-state index in [-0.39, 0.29) is 11.7 Å². The van der Waals surface area contributed by atoms with Gasteiger partial charge in [0.05, 0.1) is 35.8 Å². The third-order valence-corrected chi connectivity index (χ3v) is 6.30. The molecule has 2 aromatic carbocycles. The van der Waals surface area contributed by atoms with Gasteiger partial charge in [0.15, 0.2) is 6.10 Å². The van der Waals surface area contributed by atoms with E-state index in [0.29, 0.717) is 55.4 Å². The predicted molar refractivity (Wildman–Crippen MR) is 115 cm³/mol. The molecule has 2 aliphatic rings. The molecule has 0 bridgehead atoms. The number of methoxy groups -OCH3 is 1. The first-order valence-electron chi connectivity index (χ1n) is 10.2. The number of nitrogens with zero attached hydrogens (tertiary/aromatic N) is 2. The average Bonchev–Trinajstić information content (AvgIpc) is 2.79. The lowest BCUT2D eigenvalue weighted by Gasteiger charge is -2.39. The Balaban J connectivity index is 1.39. The van der Waals surface area contributed by atoms with E-state index in [9.17, 15) is 14.4 Å². The SMILES string of the molecule is COc1cc2c(cc1Cl)OC(C(=O)N1CCC(C#N)(Cc3ccc(F)cc3)CC1)CN2. The highest BCUT2D eigenvalue weighted by Gasteiger charge is 2.39. The van der Waals surface area contributed by atoms with E-state index in [4.69, 9.17) is 21.1 Å². The van der Waals surface area contributed by atoms with Crippen molar-refractivity contribution in [1.82, 2.24) is 4.90 Å². The maximum atomic E-state index is 13.2. The summed E-state index contributed by atoms with van der Waals surface area (Å²) in [4.78, 5) is 14.8. The van der Waals surface area contributed by atoms with Crippen molar-refractivity contribution in [3.05, 3.63) is 52.8 Å². The molecule has 1 saturated heterocycles. The van der Waals surface area contributed by atoms with Crippen LogP contribution in [0.2, 0.25) is 5.02 Å². The number of anilines is 1. The minimum atomic E-state index is -0.663. The fourth-order valence-electron chi connectivity index (χ4n) is 4.14. The number of nitrogens with one attached hydrogen (secondary N) is 1. The third-order valence-electron chi connectivity index (χ3n) is 6.00. The number of hydrogen-bond acceptors (Lipinski definition) is 5. The van der Waals surface area contributed by atoms with Gasteiger partial charge in [-0.05, 0) is 37.0 Å². The number of amides is 1. The zero-order valence-corrected chi connectivity index (χ0v) is 17.9. The second-order valence-electron chi connectivity index (χ2n) is 7.99. The van der Waals surface area contributed by atoms with E-state index in [1.165, 1.54) is 19.2 Å². The first-order chi connectivity index (χ1) is 14.9. The Kier molecular flexibility index (Phi) is 5.92. The van der Waals surface area contributed by atoms with Crippen LogP contribution in [0.4, 0.5) is 10.1 Å². The minimum Gasteiger partial charge on any atom is -0.495 e. The molecule has 2 aromatic rings. The number of hydrogen-bond donors (Lipinski definition) is 1. The summed E-state index contributed by atoms with van der Waals surface area (Å²) >= 11 is 6.18. The molecule has 0 radical (unpaired) electrons. The van der Waals surface area contributed by atoms with Gasteiger partial charge < -0.3 is 19.7 Å². The van der Waals surface area contributed by atoms with E-state index in [0.717, 1.165) is 11.3 Å². The third kappa shape index (κ3) is 4.40. The smallest absolute Gasteiger partial charge is 0.265 e. The Hall–Kier alpha value is -2.98. The van der Waals surface area contributed by atoms with Gasteiger partial charge in [-0.3, -0.25) is 4.79 Å². The average molecular weight is 444 g/mol. The van der Waals surface area contributed by atoms with Gasteiger partial charge in [0.1, 0.15) is 17.3 Å². The molecular formula is C23H23ClFN3O3. The molecule has 162 valence electrons. The van der Waals surface area contributed by atoms with Crippen LogP contribution in [-0.2, 0) is 11.2 Å². The van der Waals surface area contributed by atoms with Crippen molar-refractivity contribution in [2.75, 3.05) is 32.1 Å². The van der Waals surface area contributed by atoms with Crippen LogP contribution < -0.4 is 14.8 Å². The summed E-state index contributed by atoms with van der Waals surface area (Å²) in [6.45, 7) is 1.29. The van der Waals surface area contributed by atoms with Gasteiger partial charge in [-0.2, -0.15) is 5.26 Å². The maximum Gasteiger partial charge on any atom is 0.265 e. The van der Waals surface area contributed by atoms with E-state index in [1.54, 1.807) is 29.2 Å². The number of halogens is 2. The van der Waals surface area contributed by atoms with Gasteiger partial charge in [0.2, 0.25) is 0 Å². The molecule has 4 rings (SSSR count). The lowest BCUT2D eigenvalue weighted by molar-refractivity contribution is -0.140. The molecule has 0 spiro atoms. The zero-order chi connectivity index (χ0) is 22.0. The number of carbonyl (C=O) groups is 1. The van der Waals surface area contributed by atoms with Crippen molar-refractivity contribution >= 4 is 23.2 Å². The van der Waals surface area contributed by atoms with Gasteiger partial charge in [0.25, 0.3) is 5.91 Å². The molecule has 1 N–H and O–H groups in total. The quantitative estimate of drug-likeness (QED) is 0.772. The molecule has 1 amide bonds. The first kappa shape index (κ1) is 21.3. The van der Waals surface area contributed by atoms with Crippen molar-refractivity contribution in [1.29, 1.82) is 5.26 Å². The summed E-state index contributed by atoms with van der Waals surface area (Å²) in [5, 5.41) is 13.4. The minimum absolute atomic E-state index is 0.113. The molecule has 2 heterocycles. The topological polar surface area (TPSA) is 74.6 Å². The van der Waals surface area contributed by atoms with Crippen LogP contribution in [0.3, 0.4) is 0 Å². The number of carbonyl (C=O) groups excluding carboxylic acids is 1. The second-order valence-corrected chi connectivity index (χ2v) is 8.40. The largest absolute Gasteiger partial charge is 0.495 e. The summed E-state index contributed by atoms with van der Waals surface area (Å²) in [7, 11) is 1.54. The molecule has 2 aliphatic heterocycles. The molecule has 6 nitrogen and oxygen atoms in total. The molecule has 1 fully saturated rings. The van der Waals surface area contributed by atoms with Gasteiger partial charge >= 0.3 is 0 Å². The van der Waals surface area contributed by atoms with Crippen LogP contribution in [0.1, 0.15) is 18.4 Å². The zero-order valence-electron chi connectivity index (χ0n) is 17.2. The monoisotopic (exact) mass is 443 g/mol. The van der Waals surface area contributed by atoms with Crippen molar-refractivity contribution in [2.24, 2.45) is 5.41 Å². The molecular weight excluding hydrogens is 421 g/mol. The van der Waals surface area contributed by atoms with Crippen LogP contribution in [0.15, 0.2) is 36.4 Å². The van der Waals surface area contributed by atoms with Crippen LogP contribution in [-0.4, -0.2) is 43.7 Å². The second kappa shape index (κ2) is 8.64. The molecule has 0 saturated carbocycles. The Morgan fingerprint density at radius 1 is 1.35 bits per heavy atom. The van der Waals surface area contributed by atoms with Crippen LogP contribution in [0.5, 0.6) is 11.5 Å². The lowest BCUT2D eigenvalue weighted by atomic mass is 9.75. The van der Waals surface area contributed by atoms with E-state index < -0.39 is 11.5 Å². The van der Waals surface area contributed by atoms with Gasteiger partial charge in [0, 0.05) is 25.2 Å². The molecule has 1 atom stereocenters. The molecule has 0 aromatic heterocycles. The Bertz CT molecular complexity index is 1010. The van der Waals surface area contributed by atoms with Crippen LogP contribution >= 0.6 is 11.6 Å². The highest BCUT2D eigenvalue weighted by Crippen LogP contribution is 2.39. The predicted octanol–water partition coefficient (Wildman–Crippen LogP) is 4.04. The number of rotatable bonds is 4. The van der Waals surface area contributed by atoms with E-state index >= 15 is 0 Å². The molecule has 1 unspecified atom stereocenters. The Morgan fingerprint density at radius 2 is 2.06 bits per heavy atom.